The fourth-order valence-corrected chi connectivity index (χ4v) is 2.95. The van der Waals surface area contributed by atoms with Crippen molar-refractivity contribution in [2.75, 3.05) is 20.1 Å². The van der Waals surface area contributed by atoms with Crippen LogP contribution in [0.25, 0.3) is 0 Å². The van der Waals surface area contributed by atoms with Gasteiger partial charge in [0.25, 0.3) is 0 Å². The molecule has 1 aliphatic rings. The van der Waals surface area contributed by atoms with Gasteiger partial charge in [0.15, 0.2) is 5.96 Å². The first-order valence-electron chi connectivity index (χ1n) is 9.35. The van der Waals surface area contributed by atoms with E-state index in [-0.39, 0.29) is 5.91 Å². The Labute approximate surface area is 142 Å². The van der Waals surface area contributed by atoms with Crippen LogP contribution >= 0.6 is 0 Å². The minimum absolute atomic E-state index is 0.150. The van der Waals surface area contributed by atoms with Gasteiger partial charge in [-0.05, 0) is 25.2 Å². The highest BCUT2D eigenvalue weighted by Crippen LogP contribution is 2.17. The lowest BCUT2D eigenvalue weighted by atomic mass is 9.95. The van der Waals surface area contributed by atoms with E-state index in [2.05, 4.69) is 34.8 Å². The molecular formula is C18H36N4O. The van der Waals surface area contributed by atoms with Gasteiger partial charge in [-0.15, -0.1) is 0 Å². The van der Waals surface area contributed by atoms with E-state index in [1.807, 2.05) is 0 Å². The molecule has 0 aliphatic heterocycles. The summed E-state index contributed by atoms with van der Waals surface area (Å²) >= 11 is 0. The van der Waals surface area contributed by atoms with Crippen LogP contribution in [0, 0.1) is 5.92 Å². The molecule has 0 aromatic carbocycles. The van der Waals surface area contributed by atoms with Gasteiger partial charge >= 0.3 is 0 Å². The summed E-state index contributed by atoms with van der Waals surface area (Å²) in [6.45, 7) is 6.07. The number of unbranched alkanes of at least 4 members (excludes halogenated alkanes) is 1. The Morgan fingerprint density at radius 1 is 1.09 bits per heavy atom. The number of carbonyl (C=O) groups excluding carboxylic acids is 1. The Bertz CT molecular complexity index is 349. The molecule has 5 heteroatoms. The molecule has 1 saturated carbocycles. The number of carbonyl (C=O) groups is 1. The molecule has 0 bridgehead atoms. The monoisotopic (exact) mass is 324 g/mol. The molecular weight excluding hydrogens is 288 g/mol. The molecule has 0 radical (unpaired) electrons. The smallest absolute Gasteiger partial charge is 0.221 e. The van der Waals surface area contributed by atoms with E-state index >= 15 is 0 Å². The van der Waals surface area contributed by atoms with Crippen molar-refractivity contribution in [1.82, 2.24) is 16.0 Å². The van der Waals surface area contributed by atoms with Crippen LogP contribution in [0.3, 0.4) is 0 Å². The fraction of sp³-hybridized carbons (Fsp3) is 0.889. The number of nitrogens with zero attached hydrogens (tertiary/aromatic N) is 1. The van der Waals surface area contributed by atoms with Crippen LogP contribution < -0.4 is 16.0 Å². The third-order valence-electron chi connectivity index (χ3n) is 4.34. The number of amides is 1. The number of hydrogen-bond donors (Lipinski definition) is 3. The minimum atomic E-state index is 0.150. The standard InChI is InChI=1S/C18H36N4O/c1-15(2)9-7-8-13-20-18(19-3)21-14-12-17(23)22-16-10-5-4-6-11-16/h15-16H,4-14H2,1-3H3,(H,22,23)(H2,19,20,21). The van der Waals surface area contributed by atoms with Crippen molar-refractivity contribution >= 4 is 11.9 Å². The molecule has 0 aromatic heterocycles. The maximum absolute atomic E-state index is 11.9. The quantitative estimate of drug-likeness (QED) is 0.347. The van der Waals surface area contributed by atoms with Crippen LogP contribution in [0.1, 0.15) is 71.6 Å². The molecule has 1 amide bonds. The predicted molar refractivity (Wildman–Crippen MR) is 97.7 cm³/mol. The van der Waals surface area contributed by atoms with Crippen LogP contribution in [-0.4, -0.2) is 38.0 Å². The maximum atomic E-state index is 11.9. The molecule has 3 N–H and O–H groups in total. The molecule has 0 atom stereocenters. The second-order valence-corrected chi connectivity index (χ2v) is 6.97. The van der Waals surface area contributed by atoms with Gasteiger partial charge in [-0.3, -0.25) is 9.79 Å². The average molecular weight is 325 g/mol. The Morgan fingerprint density at radius 3 is 2.43 bits per heavy atom. The van der Waals surface area contributed by atoms with E-state index in [1.54, 1.807) is 7.05 Å². The highest BCUT2D eigenvalue weighted by atomic mass is 16.1. The van der Waals surface area contributed by atoms with Crippen molar-refractivity contribution in [3.05, 3.63) is 0 Å². The first-order chi connectivity index (χ1) is 11.1. The number of hydrogen-bond acceptors (Lipinski definition) is 2. The maximum Gasteiger partial charge on any atom is 0.221 e. The van der Waals surface area contributed by atoms with Crippen molar-refractivity contribution in [1.29, 1.82) is 0 Å². The molecule has 0 saturated heterocycles. The summed E-state index contributed by atoms with van der Waals surface area (Å²) in [5, 5.41) is 9.66. The lowest BCUT2D eigenvalue weighted by Crippen LogP contribution is -2.41. The average Bonchev–Trinajstić information content (AvgIpc) is 2.53. The zero-order valence-electron chi connectivity index (χ0n) is 15.3. The third kappa shape index (κ3) is 10.2. The van der Waals surface area contributed by atoms with E-state index < -0.39 is 0 Å². The molecule has 0 heterocycles. The van der Waals surface area contributed by atoms with Crippen molar-refractivity contribution in [2.24, 2.45) is 10.9 Å². The molecule has 23 heavy (non-hydrogen) atoms. The van der Waals surface area contributed by atoms with E-state index in [0.717, 1.165) is 37.7 Å². The normalized spacial score (nSPS) is 16.4. The second kappa shape index (κ2) is 12.2. The van der Waals surface area contributed by atoms with Gasteiger partial charge in [0, 0.05) is 32.6 Å². The second-order valence-electron chi connectivity index (χ2n) is 6.97. The van der Waals surface area contributed by atoms with Crippen molar-refractivity contribution in [3.63, 3.8) is 0 Å². The fourth-order valence-electron chi connectivity index (χ4n) is 2.95. The van der Waals surface area contributed by atoms with Gasteiger partial charge in [-0.25, -0.2) is 0 Å². The largest absolute Gasteiger partial charge is 0.356 e. The summed E-state index contributed by atoms with van der Waals surface area (Å²) in [4.78, 5) is 16.1. The summed E-state index contributed by atoms with van der Waals surface area (Å²) < 4.78 is 0. The molecule has 0 aromatic rings. The lowest BCUT2D eigenvalue weighted by molar-refractivity contribution is -0.121. The number of nitrogens with one attached hydrogen (secondary N) is 3. The summed E-state index contributed by atoms with van der Waals surface area (Å²) in [7, 11) is 1.77. The van der Waals surface area contributed by atoms with Crippen molar-refractivity contribution in [3.8, 4) is 0 Å². The minimum Gasteiger partial charge on any atom is -0.356 e. The molecule has 5 nitrogen and oxygen atoms in total. The lowest BCUT2D eigenvalue weighted by Gasteiger charge is -2.22. The van der Waals surface area contributed by atoms with E-state index in [9.17, 15) is 4.79 Å². The highest BCUT2D eigenvalue weighted by Gasteiger charge is 2.15. The Balaban J connectivity index is 2.06. The van der Waals surface area contributed by atoms with Gasteiger partial charge in [0.05, 0.1) is 0 Å². The first-order valence-corrected chi connectivity index (χ1v) is 9.35. The number of rotatable bonds is 9. The van der Waals surface area contributed by atoms with Crippen LogP contribution in [0.2, 0.25) is 0 Å². The van der Waals surface area contributed by atoms with E-state index in [1.165, 1.54) is 32.1 Å². The summed E-state index contributed by atoms with van der Waals surface area (Å²) in [5.74, 6) is 1.71. The van der Waals surface area contributed by atoms with E-state index in [4.69, 9.17) is 0 Å². The van der Waals surface area contributed by atoms with Gasteiger partial charge in [0.2, 0.25) is 5.91 Å². The van der Waals surface area contributed by atoms with Gasteiger partial charge in [-0.1, -0.05) is 46.0 Å². The Hall–Kier alpha value is -1.26. The van der Waals surface area contributed by atoms with Crippen LogP contribution in [0.5, 0.6) is 0 Å². The third-order valence-corrected chi connectivity index (χ3v) is 4.34. The summed E-state index contributed by atoms with van der Waals surface area (Å²) in [5.41, 5.74) is 0. The predicted octanol–water partition coefficient (Wildman–Crippen LogP) is 2.82. The zero-order chi connectivity index (χ0) is 16.9. The SMILES string of the molecule is CN=C(NCCCCC(C)C)NCCC(=O)NC1CCCCC1. The van der Waals surface area contributed by atoms with Gasteiger partial charge in [0.1, 0.15) is 0 Å². The Morgan fingerprint density at radius 2 is 1.78 bits per heavy atom. The van der Waals surface area contributed by atoms with E-state index in [0.29, 0.717) is 19.0 Å². The number of guanidine groups is 1. The van der Waals surface area contributed by atoms with Crippen LogP contribution in [-0.2, 0) is 4.79 Å². The highest BCUT2D eigenvalue weighted by molar-refractivity contribution is 5.81. The van der Waals surface area contributed by atoms with Crippen LogP contribution in [0.15, 0.2) is 4.99 Å². The summed E-state index contributed by atoms with van der Waals surface area (Å²) in [6.07, 6.45) is 10.3. The molecule has 1 aliphatic carbocycles. The molecule has 134 valence electrons. The zero-order valence-corrected chi connectivity index (χ0v) is 15.3. The first kappa shape index (κ1) is 19.8. The van der Waals surface area contributed by atoms with Crippen molar-refractivity contribution < 1.29 is 4.79 Å². The number of aliphatic imine (C=N–C) groups is 1. The molecule has 1 rings (SSSR count). The van der Waals surface area contributed by atoms with Gasteiger partial charge < -0.3 is 16.0 Å². The Kier molecular flexibility index (Phi) is 10.5. The molecule has 1 fully saturated rings. The summed E-state index contributed by atoms with van der Waals surface area (Å²) in [6, 6.07) is 0.398. The molecule has 0 spiro atoms. The van der Waals surface area contributed by atoms with Crippen molar-refractivity contribution in [2.45, 2.75) is 77.7 Å². The van der Waals surface area contributed by atoms with Crippen LogP contribution in [0.4, 0.5) is 0 Å². The topological polar surface area (TPSA) is 65.5 Å². The van der Waals surface area contributed by atoms with Gasteiger partial charge in [-0.2, -0.15) is 0 Å². The molecule has 0 unspecified atom stereocenters.